The molecule has 0 saturated carbocycles. The van der Waals surface area contributed by atoms with Crippen LogP contribution in [0.3, 0.4) is 0 Å². The Morgan fingerprint density at radius 2 is 2.31 bits per heavy atom. The molecule has 4 heteroatoms. The van der Waals surface area contributed by atoms with E-state index in [1.165, 1.54) is 18.3 Å². The average molecular weight is 198 g/mol. The molecule has 72 valence electrons. The van der Waals surface area contributed by atoms with Crippen LogP contribution in [0.15, 0.2) is 6.07 Å². The molecule has 0 unspecified atom stereocenters. The Morgan fingerprint density at radius 3 is 2.69 bits per heavy atom. The number of hydrogen-bond donors (Lipinski definition) is 1. The van der Waals surface area contributed by atoms with E-state index in [-0.39, 0.29) is 5.78 Å². The molecule has 0 radical (unpaired) electrons. The lowest BCUT2D eigenvalue weighted by atomic mass is 10.3. The van der Waals surface area contributed by atoms with Gasteiger partial charge in [-0.05, 0) is 13.0 Å². The number of nitrogens with two attached hydrogens (primary N) is 1. The second kappa shape index (κ2) is 3.79. The van der Waals surface area contributed by atoms with Gasteiger partial charge in [-0.25, -0.2) is 0 Å². The summed E-state index contributed by atoms with van der Waals surface area (Å²) in [4.78, 5) is 13.8. The molecule has 1 rings (SSSR count). The van der Waals surface area contributed by atoms with Gasteiger partial charge in [0.1, 0.15) is 0 Å². The predicted molar refractivity (Wildman–Crippen MR) is 57.7 cm³/mol. The van der Waals surface area contributed by atoms with Crippen molar-refractivity contribution in [1.82, 2.24) is 0 Å². The van der Waals surface area contributed by atoms with Gasteiger partial charge in [-0.3, -0.25) is 4.79 Å². The summed E-state index contributed by atoms with van der Waals surface area (Å²) in [5.41, 5.74) is 6.29. The number of ketones is 1. The van der Waals surface area contributed by atoms with Gasteiger partial charge in [-0.2, -0.15) is 0 Å². The van der Waals surface area contributed by atoms with Crippen molar-refractivity contribution < 1.29 is 4.79 Å². The van der Waals surface area contributed by atoms with Crippen LogP contribution in [-0.4, -0.2) is 19.4 Å². The number of thiophene rings is 1. The van der Waals surface area contributed by atoms with Crippen LogP contribution in [0.4, 0.5) is 10.7 Å². The van der Waals surface area contributed by atoms with Gasteiger partial charge >= 0.3 is 0 Å². The van der Waals surface area contributed by atoms with Crippen LogP contribution >= 0.6 is 11.3 Å². The molecule has 0 atom stereocenters. The van der Waals surface area contributed by atoms with Gasteiger partial charge in [0.2, 0.25) is 0 Å². The first-order chi connectivity index (χ1) is 6.06. The molecule has 0 aliphatic rings. The molecule has 1 aromatic rings. The fourth-order valence-corrected chi connectivity index (χ4v) is 2.01. The standard InChI is InChI=1S/C9H14N2OS/c1-4-11(3)8-5-7(10)9(13-8)6(2)12/h5H,4,10H2,1-3H3. The van der Waals surface area contributed by atoms with Crippen LogP contribution in [0, 0.1) is 0 Å². The summed E-state index contributed by atoms with van der Waals surface area (Å²) in [5.74, 6) is 0.0400. The maximum Gasteiger partial charge on any atom is 0.171 e. The predicted octanol–water partition coefficient (Wildman–Crippen LogP) is 1.99. The van der Waals surface area contributed by atoms with E-state index in [2.05, 4.69) is 11.8 Å². The molecule has 2 N–H and O–H groups in total. The summed E-state index contributed by atoms with van der Waals surface area (Å²) in [6, 6.07) is 1.85. The molecule has 0 bridgehead atoms. The number of hydrogen-bond acceptors (Lipinski definition) is 4. The molecule has 0 aliphatic carbocycles. The molecule has 0 amide bonds. The summed E-state index contributed by atoms with van der Waals surface area (Å²) in [5, 5.41) is 1.05. The molecule has 1 aromatic heterocycles. The minimum atomic E-state index is 0.0400. The van der Waals surface area contributed by atoms with E-state index in [1.54, 1.807) is 0 Å². The number of nitrogen functional groups attached to an aromatic ring is 1. The van der Waals surface area contributed by atoms with Crippen molar-refractivity contribution in [3.63, 3.8) is 0 Å². The first-order valence-electron chi connectivity index (χ1n) is 4.17. The Kier molecular flexibility index (Phi) is 2.93. The Labute approximate surface area is 82.2 Å². The zero-order valence-corrected chi connectivity index (χ0v) is 8.94. The van der Waals surface area contributed by atoms with Gasteiger partial charge in [0, 0.05) is 20.5 Å². The van der Waals surface area contributed by atoms with Crippen LogP contribution in [0.1, 0.15) is 23.5 Å². The number of rotatable bonds is 3. The van der Waals surface area contributed by atoms with Crippen LogP contribution in [0.5, 0.6) is 0 Å². The summed E-state index contributed by atoms with van der Waals surface area (Å²) in [6.45, 7) is 4.51. The fourth-order valence-electron chi connectivity index (χ4n) is 1.01. The van der Waals surface area contributed by atoms with E-state index >= 15 is 0 Å². The van der Waals surface area contributed by atoms with Gasteiger partial charge in [-0.1, -0.05) is 0 Å². The molecular weight excluding hydrogens is 184 g/mol. The summed E-state index contributed by atoms with van der Waals surface area (Å²) in [7, 11) is 1.98. The lowest BCUT2D eigenvalue weighted by molar-refractivity contribution is 0.102. The second-order valence-corrected chi connectivity index (χ2v) is 3.97. The third-order valence-electron chi connectivity index (χ3n) is 1.92. The number of anilines is 2. The van der Waals surface area contributed by atoms with Crippen LogP contribution in [0.25, 0.3) is 0 Å². The molecule has 0 spiro atoms. The van der Waals surface area contributed by atoms with Crippen LogP contribution in [-0.2, 0) is 0 Å². The number of nitrogens with zero attached hydrogens (tertiary/aromatic N) is 1. The van der Waals surface area contributed by atoms with Crippen molar-refractivity contribution in [3.8, 4) is 0 Å². The highest BCUT2D eigenvalue weighted by molar-refractivity contribution is 7.18. The fraction of sp³-hybridized carbons (Fsp3) is 0.444. The molecule has 0 aromatic carbocycles. The highest BCUT2D eigenvalue weighted by Gasteiger charge is 2.11. The largest absolute Gasteiger partial charge is 0.397 e. The lowest BCUT2D eigenvalue weighted by Gasteiger charge is -2.12. The smallest absolute Gasteiger partial charge is 0.171 e. The zero-order valence-electron chi connectivity index (χ0n) is 8.13. The summed E-state index contributed by atoms with van der Waals surface area (Å²) >= 11 is 1.45. The summed E-state index contributed by atoms with van der Waals surface area (Å²) in [6.07, 6.45) is 0. The number of Topliss-reactive ketones (excluding diaryl/α,β-unsaturated/α-hetero) is 1. The maximum atomic E-state index is 11.1. The van der Waals surface area contributed by atoms with Gasteiger partial charge in [-0.15, -0.1) is 11.3 Å². The van der Waals surface area contributed by atoms with Crippen molar-refractivity contribution >= 4 is 27.8 Å². The SMILES string of the molecule is CCN(C)c1cc(N)c(C(C)=O)s1. The van der Waals surface area contributed by atoms with Crippen molar-refractivity contribution in [1.29, 1.82) is 0 Å². The molecule has 0 fully saturated rings. The Bertz CT molecular complexity index is 319. The van der Waals surface area contributed by atoms with Crippen molar-refractivity contribution in [2.24, 2.45) is 0 Å². The maximum absolute atomic E-state index is 11.1. The molecule has 0 aliphatic heterocycles. The average Bonchev–Trinajstić information content (AvgIpc) is 2.46. The van der Waals surface area contributed by atoms with Crippen LogP contribution in [0.2, 0.25) is 0 Å². The number of carbonyl (C=O) groups excluding carboxylic acids is 1. The Morgan fingerprint density at radius 1 is 1.69 bits per heavy atom. The minimum absolute atomic E-state index is 0.0400. The van der Waals surface area contributed by atoms with E-state index in [9.17, 15) is 4.79 Å². The highest BCUT2D eigenvalue weighted by Crippen LogP contribution is 2.31. The molecule has 1 heterocycles. The van der Waals surface area contributed by atoms with E-state index in [0.717, 1.165) is 11.5 Å². The van der Waals surface area contributed by atoms with Crippen molar-refractivity contribution in [2.75, 3.05) is 24.2 Å². The zero-order chi connectivity index (χ0) is 10.0. The molecule has 3 nitrogen and oxygen atoms in total. The van der Waals surface area contributed by atoms with E-state index < -0.39 is 0 Å². The van der Waals surface area contributed by atoms with Gasteiger partial charge in [0.05, 0.1) is 15.6 Å². The summed E-state index contributed by atoms with van der Waals surface area (Å²) < 4.78 is 0. The third kappa shape index (κ3) is 2.01. The van der Waals surface area contributed by atoms with E-state index in [1.807, 2.05) is 13.1 Å². The normalized spacial score (nSPS) is 10.1. The van der Waals surface area contributed by atoms with E-state index in [0.29, 0.717) is 10.6 Å². The topological polar surface area (TPSA) is 46.3 Å². The van der Waals surface area contributed by atoms with Gasteiger partial charge in [0.25, 0.3) is 0 Å². The Hall–Kier alpha value is -1.03. The quantitative estimate of drug-likeness (QED) is 0.755. The first kappa shape index (κ1) is 10.1. The first-order valence-corrected chi connectivity index (χ1v) is 4.99. The van der Waals surface area contributed by atoms with Crippen molar-refractivity contribution in [2.45, 2.75) is 13.8 Å². The number of carbonyl (C=O) groups is 1. The van der Waals surface area contributed by atoms with Crippen molar-refractivity contribution in [3.05, 3.63) is 10.9 Å². The molecule has 13 heavy (non-hydrogen) atoms. The lowest BCUT2D eigenvalue weighted by Crippen LogP contribution is -2.13. The third-order valence-corrected chi connectivity index (χ3v) is 3.28. The second-order valence-electron chi connectivity index (χ2n) is 2.94. The minimum Gasteiger partial charge on any atom is -0.397 e. The van der Waals surface area contributed by atoms with Gasteiger partial charge < -0.3 is 10.6 Å². The molecule has 0 saturated heterocycles. The van der Waals surface area contributed by atoms with E-state index in [4.69, 9.17) is 5.73 Å². The highest BCUT2D eigenvalue weighted by atomic mass is 32.1. The monoisotopic (exact) mass is 198 g/mol. The Balaban J connectivity index is 3.01. The van der Waals surface area contributed by atoms with Gasteiger partial charge in [0.15, 0.2) is 5.78 Å². The van der Waals surface area contributed by atoms with Crippen LogP contribution < -0.4 is 10.6 Å². The molecular formula is C9H14N2OS.